The van der Waals surface area contributed by atoms with Gasteiger partial charge in [0, 0.05) is 9.79 Å². The summed E-state index contributed by atoms with van der Waals surface area (Å²) in [6.07, 6.45) is -6.09. The van der Waals surface area contributed by atoms with Crippen LogP contribution in [0.3, 0.4) is 0 Å². The zero-order valence-electron chi connectivity index (χ0n) is 13.4. The van der Waals surface area contributed by atoms with Gasteiger partial charge in [-0.1, -0.05) is 36.4 Å². The highest BCUT2D eigenvalue weighted by molar-refractivity contribution is 8.17. The maximum Gasteiger partial charge on any atom is 0.111 e. The second-order valence-corrected chi connectivity index (χ2v) is 8.18. The number of thioether (sulfide) groups is 2. The van der Waals surface area contributed by atoms with Crippen molar-refractivity contribution >= 4 is 23.5 Å². The van der Waals surface area contributed by atoms with Gasteiger partial charge in [-0.15, -0.1) is 23.5 Å². The molecule has 0 saturated carbocycles. The Morgan fingerprint density at radius 1 is 0.640 bits per heavy atom. The van der Waals surface area contributed by atoms with E-state index in [0.29, 0.717) is 0 Å². The molecule has 2 aromatic carbocycles. The first kappa shape index (κ1) is 20.3. The van der Waals surface area contributed by atoms with Gasteiger partial charge in [0.05, 0.1) is 11.2 Å². The van der Waals surface area contributed by atoms with Crippen molar-refractivity contribution in [2.24, 2.45) is 0 Å². The van der Waals surface area contributed by atoms with Gasteiger partial charge >= 0.3 is 0 Å². The number of benzene rings is 2. The summed E-state index contributed by atoms with van der Waals surface area (Å²) in [4.78, 5) is 1.80. The van der Waals surface area contributed by atoms with Gasteiger partial charge in [0.2, 0.25) is 0 Å². The summed E-state index contributed by atoms with van der Waals surface area (Å²) in [6, 6.07) is 18.8. The lowest BCUT2D eigenvalue weighted by molar-refractivity contribution is -0.111. The highest BCUT2D eigenvalue weighted by Gasteiger charge is 2.35. The maximum atomic E-state index is 10.6. The molecule has 4 atom stereocenters. The topological polar surface area (TPSA) is 101 Å². The molecule has 0 radical (unpaired) electrons. The fourth-order valence-electron chi connectivity index (χ4n) is 2.13. The van der Waals surface area contributed by atoms with Gasteiger partial charge in [-0.3, -0.25) is 0 Å². The van der Waals surface area contributed by atoms with Crippen molar-refractivity contribution < 1.29 is 25.5 Å². The summed E-state index contributed by atoms with van der Waals surface area (Å²) >= 11 is 2.71. The largest absolute Gasteiger partial charge is 0.394 e. The van der Waals surface area contributed by atoms with Crippen LogP contribution in [0.4, 0.5) is 0 Å². The van der Waals surface area contributed by atoms with E-state index in [1.54, 1.807) is 0 Å². The predicted octanol–water partition coefficient (Wildman–Crippen LogP) is 1.33. The van der Waals surface area contributed by atoms with Crippen LogP contribution in [0.5, 0.6) is 0 Å². The Morgan fingerprint density at radius 2 is 1.08 bits per heavy atom. The van der Waals surface area contributed by atoms with Gasteiger partial charge in [0.15, 0.2) is 0 Å². The Morgan fingerprint density at radius 3 is 1.48 bits per heavy atom. The standard InChI is InChI=1S/C18H22O5S2/c19-11-14(20)15(21)16(22)17(23)18(24-12-7-3-1-4-8-12)25-13-9-5-2-6-10-13/h1-10,14-23H,11H2/t14-,15-,16+,17-/m0/s1. The number of aliphatic hydroxyl groups excluding tert-OH is 5. The van der Waals surface area contributed by atoms with E-state index in [1.165, 1.54) is 23.5 Å². The molecule has 0 heterocycles. The number of hydrogen-bond acceptors (Lipinski definition) is 7. The second kappa shape index (κ2) is 10.2. The molecule has 2 rings (SSSR count). The van der Waals surface area contributed by atoms with Crippen molar-refractivity contribution in [1.82, 2.24) is 0 Å². The third-order valence-electron chi connectivity index (χ3n) is 3.55. The SMILES string of the molecule is OC[C@H](O)[C@H](O)[C@@H](O)[C@H](O)C(Sc1ccccc1)Sc1ccccc1. The summed E-state index contributed by atoms with van der Waals surface area (Å²) in [5, 5.41) is 49.1. The van der Waals surface area contributed by atoms with Crippen LogP contribution in [-0.4, -0.2) is 61.1 Å². The van der Waals surface area contributed by atoms with E-state index in [2.05, 4.69) is 0 Å². The fraction of sp³-hybridized carbons (Fsp3) is 0.333. The smallest absolute Gasteiger partial charge is 0.111 e. The van der Waals surface area contributed by atoms with Gasteiger partial charge in [0.25, 0.3) is 0 Å². The average molecular weight is 383 g/mol. The highest BCUT2D eigenvalue weighted by atomic mass is 32.2. The first-order valence-corrected chi connectivity index (χ1v) is 9.55. The molecule has 0 aliphatic heterocycles. The van der Waals surface area contributed by atoms with Crippen molar-refractivity contribution in [2.45, 2.75) is 38.8 Å². The van der Waals surface area contributed by atoms with E-state index in [4.69, 9.17) is 5.11 Å². The number of hydrogen-bond donors (Lipinski definition) is 5. The summed E-state index contributed by atoms with van der Waals surface area (Å²) in [7, 11) is 0. The molecule has 0 unspecified atom stereocenters. The molecule has 0 fully saturated rings. The van der Waals surface area contributed by atoms with Gasteiger partial charge in [-0.2, -0.15) is 0 Å². The third kappa shape index (κ3) is 6.00. The van der Waals surface area contributed by atoms with Crippen LogP contribution in [0.15, 0.2) is 70.5 Å². The van der Waals surface area contributed by atoms with E-state index < -0.39 is 35.6 Å². The molecule has 5 N–H and O–H groups in total. The molecule has 25 heavy (non-hydrogen) atoms. The Bertz CT molecular complexity index is 572. The Labute approximate surface area is 155 Å². The van der Waals surface area contributed by atoms with Crippen molar-refractivity contribution in [2.75, 3.05) is 6.61 Å². The van der Waals surface area contributed by atoms with Gasteiger partial charge in [-0.05, 0) is 24.3 Å². The Balaban J connectivity index is 2.17. The number of aliphatic hydroxyl groups is 5. The average Bonchev–Trinajstić information content (AvgIpc) is 2.66. The van der Waals surface area contributed by atoms with E-state index in [1.807, 2.05) is 60.7 Å². The number of rotatable bonds is 9. The lowest BCUT2D eigenvalue weighted by Crippen LogP contribution is -2.48. The van der Waals surface area contributed by atoms with Crippen LogP contribution in [-0.2, 0) is 0 Å². The maximum absolute atomic E-state index is 10.6. The van der Waals surface area contributed by atoms with Crippen molar-refractivity contribution in [3.63, 3.8) is 0 Å². The zero-order chi connectivity index (χ0) is 18.2. The lowest BCUT2D eigenvalue weighted by Gasteiger charge is -2.30. The fourth-order valence-corrected chi connectivity index (χ4v) is 4.75. The molecule has 5 nitrogen and oxygen atoms in total. The van der Waals surface area contributed by atoms with Crippen molar-refractivity contribution in [3.8, 4) is 0 Å². The minimum absolute atomic E-state index is 0.527. The van der Waals surface area contributed by atoms with Crippen molar-refractivity contribution in [3.05, 3.63) is 60.7 Å². The molecule has 0 amide bonds. The molecule has 0 aromatic heterocycles. The predicted molar refractivity (Wildman–Crippen MR) is 99.5 cm³/mol. The summed E-state index contributed by atoms with van der Waals surface area (Å²) in [6.45, 7) is -0.701. The minimum Gasteiger partial charge on any atom is -0.394 e. The highest BCUT2D eigenvalue weighted by Crippen LogP contribution is 2.38. The van der Waals surface area contributed by atoms with Crippen molar-refractivity contribution in [1.29, 1.82) is 0 Å². The van der Waals surface area contributed by atoms with Crippen LogP contribution in [0.2, 0.25) is 0 Å². The normalized spacial score (nSPS) is 16.4. The molecular formula is C18H22O5S2. The summed E-state index contributed by atoms with van der Waals surface area (Å²) < 4.78 is -0.527. The van der Waals surface area contributed by atoms with Gasteiger partial charge in [-0.25, -0.2) is 0 Å². The Hall–Kier alpha value is -1.06. The van der Waals surface area contributed by atoms with Gasteiger partial charge < -0.3 is 25.5 Å². The zero-order valence-corrected chi connectivity index (χ0v) is 15.1. The molecule has 0 aliphatic carbocycles. The molecule has 0 bridgehead atoms. The Kier molecular flexibility index (Phi) is 8.25. The summed E-state index contributed by atoms with van der Waals surface area (Å²) in [5.74, 6) is 0. The monoisotopic (exact) mass is 382 g/mol. The van der Waals surface area contributed by atoms with E-state index in [0.717, 1.165) is 9.79 Å². The molecule has 0 aliphatic rings. The second-order valence-electron chi connectivity index (χ2n) is 5.45. The van der Waals surface area contributed by atoms with Crippen LogP contribution in [0.1, 0.15) is 0 Å². The van der Waals surface area contributed by atoms with Gasteiger partial charge in [0.1, 0.15) is 24.4 Å². The van der Waals surface area contributed by atoms with E-state index in [-0.39, 0.29) is 0 Å². The lowest BCUT2D eigenvalue weighted by atomic mass is 10.0. The quantitative estimate of drug-likeness (QED) is 0.329. The summed E-state index contributed by atoms with van der Waals surface area (Å²) in [5.41, 5.74) is 0. The molecule has 2 aromatic rings. The minimum atomic E-state index is -1.64. The van der Waals surface area contributed by atoms with Crippen LogP contribution in [0, 0.1) is 0 Å². The first-order valence-electron chi connectivity index (χ1n) is 7.79. The van der Waals surface area contributed by atoms with E-state index in [9.17, 15) is 20.4 Å². The molecule has 0 saturated heterocycles. The molecule has 7 heteroatoms. The van der Waals surface area contributed by atoms with Crippen LogP contribution in [0.25, 0.3) is 0 Å². The first-order chi connectivity index (χ1) is 12.0. The molecule has 136 valence electrons. The molecule has 0 spiro atoms. The third-order valence-corrected chi connectivity index (χ3v) is 6.24. The van der Waals surface area contributed by atoms with Crippen LogP contribution < -0.4 is 0 Å². The van der Waals surface area contributed by atoms with Crippen LogP contribution >= 0.6 is 23.5 Å². The molecular weight excluding hydrogens is 360 g/mol. The van der Waals surface area contributed by atoms with E-state index >= 15 is 0 Å².